The minimum atomic E-state index is -0.0801. The Morgan fingerprint density at radius 1 is 1.07 bits per heavy atom. The molecule has 3 aromatic rings. The Labute approximate surface area is 160 Å². The van der Waals surface area contributed by atoms with Gasteiger partial charge >= 0.3 is 0 Å². The van der Waals surface area contributed by atoms with E-state index in [4.69, 9.17) is 5.10 Å². The number of amides is 1. The number of carbonyl (C=O) groups excluding carboxylic acids is 1. The molecule has 1 heterocycles. The Morgan fingerprint density at radius 3 is 2.44 bits per heavy atom. The zero-order valence-corrected chi connectivity index (χ0v) is 16.1. The zero-order valence-electron chi connectivity index (χ0n) is 16.1. The average molecular weight is 362 g/mol. The summed E-state index contributed by atoms with van der Waals surface area (Å²) in [5.41, 5.74) is 3.92. The highest BCUT2D eigenvalue weighted by Gasteiger charge is 2.13. The van der Waals surface area contributed by atoms with E-state index in [9.17, 15) is 4.79 Å². The van der Waals surface area contributed by atoms with Gasteiger partial charge in [0.15, 0.2) is 0 Å². The molecule has 0 saturated heterocycles. The van der Waals surface area contributed by atoms with Gasteiger partial charge < -0.3 is 10.6 Å². The molecule has 0 aliphatic rings. The van der Waals surface area contributed by atoms with Crippen molar-refractivity contribution in [2.75, 3.05) is 18.4 Å². The molecule has 2 aromatic carbocycles. The normalized spacial score (nSPS) is 11.0. The second-order valence-corrected chi connectivity index (χ2v) is 7.10. The fraction of sp³-hybridized carbons (Fsp3) is 0.273. The number of hydrogen-bond donors (Lipinski definition) is 2. The fourth-order valence-corrected chi connectivity index (χ4v) is 2.76. The van der Waals surface area contributed by atoms with E-state index in [0.29, 0.717) is 11.7 Å². The van der Waals surface area contributed by atoms with Gasteiger partial charge in [-0.05, 0) is 31.5 Å². The predicted molar refractivity (Wildman–Crippen MR) is 110 cm³/mol. The van der Waals surface area contributed by atoms with Crippen molar-refractivity contribution in [1.29, 1.82) is 0 Å². The summed E-state index contributed by atoms with van der Waals surface area (Å²) >= 11 is 0. The molecule has 2 N–H and O–H groups in total. The Morgan fingerprint density at radius 2 is 1.78 bits per heavy atom. The summed E-state index contributed by atoms with van der Waals surface area (Å²) in [4.78, 5) is 12.4. The number of nitrogens with one attached hydrogen (secondary N) is 2. The van der Waals surface area contributed by atoms with Crippen molar-refractivity contribution in [3.05, 3.63) is 66.2 Å². The van der Waals surface area contributed by atoms with Gasteiger partial charge in [-0.2, -0.15) is 5.10 Å². The lowest BCUT2D eigenvalue weighted by atomic mass is 10.1. The molecule has 5 heteroatoms. The number of anilines is 1. The van der Waals surface area contributed by atoms with Gasteiger partial charge in [0.2, 0.25) is 5.91 Å². The molecule has 0 bridgehead atoms. The molecule has 140 valence electrons. The van der Waals surface area contributed by atoms with Crippen molar-refractivity contribution < 1.29 is 4.79 Å². The van der Waals surface area contributed by atoms with E-state index in [1.54, 1.807) is 4.68 Å². The first-order valence-electron chi connectivity index (χ1n) is 9.26. The monoisotopic (exact) mass is 362 g/mol. The first-order valence-corrected chi connectivity index (χ1v) is 9.26. The molecule has 1 aromatic heterocycles. The lowest BCUT2D eigenvalue weighted by molar-refractivity contribution is -0.115. The van der Waals surface area contributed by atoms with E-state index in [1.165, 1.54) is 5.56 Å². The summed E-state index contributed by atoms with van der Waals surface area (Å²) in [5, 5.41) is 10.9. The van der Waals surface area contributed by atoms with E-state index < -0.39 is 0 Å². The first-order chi connectivity index (χ1) is 13.0. The third-order valence-electron chi connectivity index (χ3n) is 4.16. The third kappa shape index (κ3) is 5.05. The van der Waals surface area contributed by atoms with Crippen LogP contribution in [-0.4, -0.2) is 28.8 Å². The fourth-order valence-electron chi connectivity index (χ4n) is 2.76. The molecule has 27 heavy (non-hydrogen) atoms. The largest absolute Gasteiger partial charge is 0.309 e. The number of rotatable bonds is 7. The molecule has 3 rings (SSSR count). The van der Waals surface area contributed by atoms with Gasteiger partial charge in [-0.15, -0.1) is 0 Å². The molecular formula is C22H26N4O. The Kier molecular flexibility index (Phi) is 6.04. The summed E-state index contributed by atoms with van der Waals surface area (Å²) in [7, 11) is 0. The molecule has 0 spiro atoms. The number of carbonyl (C=O) groups is 1. The van der Waals surface area contributed by atoms with E-state index in [-0.39, 0.29) is 12.5 Å². The predicted octanol–water partition coefficient (Wildman–Crippen LogP) is 4.03. The van der Waals surface area contributed by atoms with E-state index >= 15 is 0 Å². The standard InChI is InChI=1S/C22H26N4O/c1-16(2)14-23-15-22(27)24-21-13-20(18-7-5-4-6-8-18)25-26(21)19-11-9-17(3)10-12-19/h4-13,16,23H,14-15H2,1-3H3,(H,24,27). The molecule has 0 saturated carbocycles. The van der Waals surface area contributed by atoms with Gasteiger partial charge in [-0.25, -0.2) is 4.68 Å². The Hall–Kier alpha value is -2.92. The molecule has 0 aliphatic heterocycles. The van der Waals surface area contributed by atoms with E-state index in [0.717, 1.165) is 23.5 Å². The lowest BCUT2D eigenvalue weighted by Gasteiger charge is -2.10. The molecule has 1 amide bonds. The summed E-state index contributed by atoms with van der Waals surface area (Å²) in [6, 6.07) is 20.0. The van der Waals surface area contributed by atoms with Crippen LogP contribution < -0.4 is 10.6 Å². The van der Waals surface area contributed by atoms with Gasteiger partial charge in [0.1, 0.15) is 5.82 Å². The smallest absolute Gasteiger partial charge is 0.239 e. The molecule has 0 radical (unpaired) electrons. The molecule has 0 aliphatic carbocycles. The topological polar surface area (TPSA) is 59.0 Å². The van der Waals surface area contributed by atoms with Crippen LogP contribution in [0.25, 0.3) is 16.9 Å². The minimum absolute atomic E-state index is 0.0801. The molecule has 5 nitrogen and oxygen atoms in total. The summed E-state index contributed by atoms with van der Waals surface area (Å²) in [5.74, 6) is 1.08. The summed E-state index contributed by atoms with van der Waals surface area (Å²) in [6.45, 7) is 7.36. The lowest BCUT2D eigenvalue weighted by Crippen LogP contribution is -2.31. The maximum Gasteiger partial charge on any atom is 0.239 e. The van der Waals surface area contributed by atoms with E-state index in [1.807, 2.05) is 67.6 Å². The highest BCUT2D eigenvalue weighted by Crippen LogP contribution is 2.24. The number of nitrogens with zero attached hydrogens (tertiary/aromatic N) is 2. The zero-order chi connectivity index (χ0) is 19.2. The van der Waals surface area contributed by atoms with Gasteiger partial charge in [0.25, 0.3) is 0 Å². The highest BCUT2D eigenvalue weighted by atomic mass is 16.2. The van der Waals surface area contributed by atoms with Gasteiger partial charge in [0.05, 0.1) is 17.9 Å². The van der Waals surface area contributed by atoms with Crippen LogP contribution in [0.2, 0.25) is 0 Å². The van der Waals surface area contributed by atoms with Crippen LogP contribution in [0.3, 0.4) is 0 Å². The maximum absolute atomic E-state index is 12.4. The Bertz CT molecular complexity index is 882. The minimum Gasteiger partial charge on any atom is -0.309 e. The molecule has 0 fully saturated rings. The van der Waals surface area contributed by atoms with Crippen LogP contribution in [0.15, 0.2) is 60.7 Å². The Balaban J connectivity index is 1.87. The average Bonchev–Trinajstić information content (AvgIpc) is 3.06. The van der Waals surface area contributed by atoms with Crippen molar-refractivity contribution in [2.45, 2.75) is 20.8 Å². The summed E-state index contributed by atoms with van der Waals surface area (Å²) < 4.78 is 1.78. The van der Waals surface area contributed by atoms with E-state index in [2.05, 4.69) is 24.5 Å². The molecule has 0 unspecified atom stereocenters. The molecular weight excluding hydrogens is 336 g/mol. The molecule has 0 atom stereocenters. The van der Waals surface area contributed by atoms with Gasteiger partial charge in [0, 0.05) is 11.6 Å². The second-order valence-electron chi connectivity index (χ2n) is 7.10. The number of benzene rings is 2. The van der Waals surface area contributed by atoms with Crippen LogP contribution in [0.1, 0.15) is 19.4 Å². The quantitative estimate of drug-likeness (QED) is 0.667. The van der Waals surface area contributed by atoms with Crippen LogP contribution in [-0.2, 0) is 4.79 Å². The maximum atomic E-state index is 12.4. The number of hydrogen-bond acceptors (Lipinski definition) is 3. The van der Waals surface area contributed by atoms with Crippen molar-refractivity contribution in [1.82, 2.24) is 15.1 Å². The number of aryl methyl sites for hydroxylation is 1. The SMILES string of the molecule is Cc1ccc(-n2nc(-c3ccccc3)cc2NC(=O)CNCC(C)C)cc1. The van der Waals surface area contributed by atoms with Crippen LogP contribution >= 0.6 is 0 Å². The van der Waals surface area contributed by atoms with Crippen molar-refractivity contribution >= 4 is 11.7 Å². The van der Waals surface area contributed by atoms with Gasteiger partial charge in [-0.3, -0.25) is 4.79 Å². The first kappa shape index (κ1) is 18.9. The number of aromatic nitrogens is 2. The second kappa shape index (κ2) is 8.64. The van der Waals surface area contributed by atoms with Gasteiger partial charge in [-0.1, -0.05) is 61.9 Å². The van der Waals surface area contributed by atoms with Crippen molar-refractivity contribution in [3.8, 4) is 16.9 Å². The van der Waals surface area contributed by atoms with Crippen LogP contribution in [0.4, 0.5) is 5.82 Å². The van der Waals surface area contributed by atoms with Crippen LogP contribution in [0.5, 0.6) is 0 Å². The van der Waals surface area contributed by atoms with Crippen molar-refractivity contribution in [3.63, 3.8) is 0 Å². The third-order valence-corrected chi connectivity index (χ3v) is 4.16. The van der Waals surface area contributed by atoms with Crippen molar-refractivity contribution in [2.24, 2.45) is 5.92 Å². The summed E-state index contributed by atoms with van der Waals surface area (Å²) in [6.07, 6.45) is 0. The highest BCUT2D eigenvalue weighted by molar-refractivity contribution is 5.92. The van der Waals surface area contributed by atoms with Crippen LogP contribution in [0, 0.1) is 12.8 Å².